The second-order valence-electron chi connectivity index (χ2n) is 9.05. The third-order valence-electron chi connectivity index (χ3n) is 6.32. The van der Waals surface area contributed by atoms with E-state index in [-0.39, 0.29) is 16.8 Å². The van der Waals surface area contributed by atoms with Crippen LogP contribution >= 0.6 is 0 Å². The predicted octanol–water partition coefficient (Wildman–Crippen LogP) is 5.48. The number of halogens is 2. The van der Waals surface area contributed by atoms with Crippen molar-refractivity contribution in [3.63, 3.8) is 0 Å². The first-order valence-electron chi connectivity index (χ1n) is 11.5. The van der Waals surface area contributed by atoms with Crippen molar-refractivity contribution < 1.29 is 22.7 Å². The lowest BCUT2D eigenvalue weighted by molar-refractivity contribution is 0.0988. The molecule has 3 aromatic carbocycles. The number of benzene rings is 3. The summed E-state index contributed by atoms with van der Waals surface area (Å²) in [4.78, 5) is 25.3. The molecular formula is C28H23F2N3O4. The molecule has 5 rings (SSSR count). The van der Waals surface area contributed by atoms with Gasteiger partial charge in [-0.2, -0.15) is 5.10 Å². The molecule has 0 spiro atoms. The minimum absolute atomic E-state index is 0.203. The van der Waals surface area contributed by atoms with Crippen LogP contribution in [-0.4, -0.2) is 15.7 Å². The summed E-state index contributed by atoms with van der Waals surface area (Å²) >= 11 is 0. The Hall–Kier alpha value is -4.53. The highest BCUT2D eigenvalue weighted by Gasteiger charge is 2.24. The molecule has 2 heterocycles. The smallest absolute Gasteiger partial charge is 0.255 e. The summed E-state index contributed by atoms with van der Waals surface area (Å²) in [5, 5.41) is 5.63. The van der Waals surface area contributed by atoms with Gasteiger partial charge in [-0.05, 0) is 68.8 Å². The first-order chi connectivity index (χ1) is 17.5. The van der Waals surface area contributed by atoms with Gasteiger partial charge in [0.05, 0.1) is 10.9 Å². The topological polar surface area (TPSA) is 100 Å². The lowest BCUT2D eigenvalue weighted by atomic mass is 9.99. The van der Waals surface area contributed by atoms with Crippen LogP contribution in [0, 0.1) is 25.5 Å². The number of aromatic nitrogens is 2. The number of hydrogen-bond acceptors (Lipinski definition) is 5. The van der Waals surface area contributed by atoms with E-state index in [1.807, 2.05) is 38.4 Å². The number of ether oxygens (including phenoxy) is 1. The molecule has 2 aromatic heterocycles. The first kappa shape index (κ1) is 24.2. The van der Waals surface area contributed by atoms with Crippen LogP contribution in [0.2, 0.25) is 0 Å². The Bertz CT molecular complexity index is 1790. The summed E-state index contributed by atoms with van der Waals surface area (Å²) in [6.45, 7) is 5.18. The van der Waals surface area contributed by atoms with E-state index in [1.165, 1.54) is 0 Å². The maximum atomic E-state index is 14.3. The van der Waals surface area contributed by atoms with Gasteiger partial charge in [-0.25, -0.2) is 8.78 Å². The number of primary amides is 1. The third-order valence-corrected chi connectivity index (χ3v) is 6.32. The van der Waals surface area contributed by atoms with E-state index in [0.29, 0.717) is 27.8 Å². The molecule has 0 aliphatic carbocycles. The highest BCUT2D eigenvalue weighted by Crippen LogP contribution is 2.35. The molecule has 0 saturated carbocycles. The Labute approximate surface area is 210 Å². The van der Waals surface area contributed by atoms with Crippen LogP contribution in [-0.2, 0) is 7.05 Å². The molecule has 9 heteroatoms. The van der Waals surface area contributed by atoms with Crippen molar-refractivity contribution in [3.8, 4) is 17.1 Å². The molecule has 0 aliphatic rings. The van der Waals surface area contributed by atoms with Crippen LogP contribution < -0.4 is 15.9 Å². The summed E-state index contributed by atoms with van der Waals surface area (Å²) in [6.07, 6.45) is 1.06. The number of carbonyl (C=O) groups is 1. The van der Waals surface area contributed by atoms with Gasteiger partial charge < -0.3 is 14.9 Å². The van der Waals surface area contributed by atoms with Crippen molar-refractivity contribution in [1.29, 1.82) is 0 Å². The van der Waals surface area contributed by atoms with Crippen LogP contribution in [0.4, 0.5) is 8.78 Å². The molecule has 0 saturated heterocycles. The highest BCUT2D eigenvalue weighted by atomic mass is 19.2. The quantitative estimate of drug-likeness (QED) is 0.342. The second kappa shape index (κ2) is 8.85. The average molecular weight is 504 g/mol. The Morgan fingerprint density at radius 1 is 1.14 bits per heavy atom. The van der Waals surface area contributed by atoms with Gasteiger partial charge in [0.15, 0.2) is 17.1 Å². The lowest BCUT2D eigenvalue weighted by Crippen LogP contribution is -2.17. The van der Waals surface area contributed by atoms with Crippen LogP contribution in [0.15, 0.2) is 57.9 Å². The van der Waals surface area contributed by atoms with E-state index in [0.717, 1.165) is 28.6 Å². The van der Waals surface area contributed by atoms with Gasteiger partial charge >= 0.3 is 0 Å². The van der Waals surface area contributed by atoms with Crippen molar-refractivity contribution in [2.45, 2.75) is 26.9 Å². The Balaban J connectivity index is 1.68. The summed E-state index contributed by atoms with van der Waals surface area (Å²) < 4.78 is 42.0. The van der Waals surface area contributed by atoms with E-state index in [9.17, 15) is 18.4 Å². The molecule has 0 unspecified atom stereocenters. The average Bonchev–Trinajstić information content (AvgIpc) is 3.22. The molecule has 0 fully saturated rings. The van der Waals surface area contributed by atoms with Crippen molar-refractivity contribution in [2.24, 2.45) is 12.8 Å². The maximum absolute atomic E-state index is 14.3. The van der Waals surface area contributed by atoms with Crippen molar-refractivity contribution in [2.75, 3.05) is 0 Å². The Morgan fingerprint density at radius 2 is 1.89 bits per heavy atom. The molecular weight excluding hydrogens is 480 g/mol. The zero-order valence-corrected chi connectivity index (χ0v) is 20.6. The summed E-state index contributed by atoms with van der Waals surface area (Å²) in [6, 6.07) is 11.1. The van der Waals surface area contributed by atoms with Gasteiger partial charge in [0.2, 0.25) is 0 Å². The van der Waals surface area contributed by atoms with E-state index < -0.39 is 29.2 Å². The Kier molecular flexibility index (Phi) is 5.78. The van der Waals surface area contributed by atoms with Gasteiger partial charge in [0.25, 0.3) is 5.91 Å². The van der Waals surface area contributed by atoms with Crippen molar-refractivity contribution in [1.82, 2.24) is 9.78 Å². The molecule has 2 N–H and O–H groups in total. The van der Waals surface area contributed by atoms with E-state index in [4.69, 9.17) is 14.9 Å². The predicted molar refractivity (Wildman–Crippen MR) is 136 cm³/mol. The van der Waals surface area contributed by atoms with Crippen LogP contribution in [0.3, 0.4) is 0 Å². The molecule has 0 bridgehead atoms. The molecule has 1 amide bonds. The van der Waals surface area contributed by atoms with Crippen LogP contribution in [0.5, 0.6) is 5.75 Å². The Morgan fingerprint density at radius 3 is 2.62 bits per heavy atom. The second-order valence-corrected chi connectivity index (χ2v) is 9.05. The number of hydrogen-bond donors (Lipinski definition) is 1. The SMILES string of the molecule is Cc1cc([C@@H](C)Oc2ccc(F)c(F)c2C(N)=O)c2oc(-c3ccc4nn(C)cc4c3)c(C)c(=O)c2c1. The number of carbonyl (C=O) groups excluding carboxylic acids is 1. The van der Waals surface area contributed by atoms with Crippen LogP contribution in [0.1, 0.15) is 40.1 Å². The minimum Gasteiger partial charge on any atom is -0.485 e. The summed E-state index contributed by atoms with van der Waals surface area (Å²) in [5.74, 6) is -3.59. The van der Waals surface area contributed by atoms with E-state index in [1.54, 1.807) is 30.7 Å². The molecule has 7 nitrogen and oxygen atoms in total. The summed E-state index contributed by atoms with van der Waals surface area (Å²) in [5.41, 5.74) is 7.90. The molecule has 5 aromatic rings. The normalized spacial score (nSPS) is 12.3. The third kappa shape index (κ3) is 4.12. The number of rotatable bonds is 5. The highest BCUT2D eigenvalue weighted by molar-refractivity contribution is 5.96. The molecule has 0 radical (unpaired) electrons. The monoisotopic (exact) mass is 503 g/mol. The van der Waals surface area contributed by atoms with Crippen LogP contribution in [0.25, 0.3) is 33.2 Å². The zero-order valence-electron chi connectivity index (χ0n) is 20.6. The zero-order chi connectivity index (χ0) is 26.6. The molecule has 1 atom stereocenters. The first-order valence-corrected chi connectivity index (χ1v) is 11.5. The summed E-state index contributed by atoms with van der Waals surface area (Å²) in [7, 11) is 1.83. The maximum Gasteiger partial charge on any atom is 0.255 e. The van der Waals surface area contributed by atoms with Gasteiger partial charge in [0, 0.05) is 35.3 Å². The molecule has 0 aliphatic heterocycles. The molecule has 37 heavy (non-hydrogen) atoms. The number of fused-ring (bicyclic) bond motifs is 2. The van der Waals surface area contributed by atoms with Gasteiger partial charge in [-0.1, -0.05) is 0 Å². The fourth-order valence-electron chi connectivity index (χ4n) is 4.55. The fraction of sp³-hybridized carbons (Fsp3) is 0.179. The number of nitrogens with zero attached hydrogens (tertiary/aromatic N) is 2. The minimum atomic E-state index is -1.39. The van der Waals surface area contributed by atoms with E-state index >= 15 is 0 Å². The molecule has 188 valence electrons. The standard InChI is InChI=1S/C28H23F2N3O4/c1-13-9-18(15(3)36-22-8-6-20(29)24(30)23(22)28(31)35)27-19(10-13)25(34)14(2)26(37-27)16-5-7-21-17(11-16)12-33(4)32-21/h5-12,15H,1-4H3,(H2,31,35)/t15-/m1/s1. The van der Waals surface area contributed by atoms with Crippen molar-refractivity contribution >= 4 is 27.8 Å². The number of amides is 1. The lowest BCUT2D eigenvalue weighted by Gasteiger charge is -2.19. The van der Waals surface area contributed by atoms with Gasteiger partial charge in [-0.3, -0.25) is 14.3 Å². The number of nitrogens with two attached hydrogens (primary N) is 1. The van der Waals surface area contributed by atoms with E-state index in [2.05, 4.69) is 5.10 Å². The van der Waals surface area contributed by atoms with Crippen molar-refractivity contribution in [3.05, 3.63) is 92.8 Å². The largest absolute Gasteiger partial charge is 0.485 e. The fourth-order valence-corrected chi connectivity index (χ4v) is 4.55. The van der Waals surface area contributed by atoms with Gasteiger partial charge in [0.1, 0.15) is 28.8 Å². The number of aryl methyl sites for hydroxylation is 2. The van der Waals surface area contributed by atoms with Gasteiger partial charge in [-0.15, -0.1) is 0 Å².